The molecule has 1 aliphatic heterocycles. The lowest BCUT2D eigenvalue weighted by Crippen LogP contribution is -2.28. The molecule has 1 aliphatic rings. The number of hydrogen-bond acceptors (Lipinski definition) is 3. The normalized spacial score (nSPS) is 18.7. The maximum Gasteiger partial charge on any atom is 0.256 e. The van der Waals surface area contributed by atoms with Gasteiger partial charge in [0.1, 0.15) is 5.78 Å². The first-order chi connectivity index (χ1) is 8.90. The summed E-state index contributed by atoms with van der Waals surface area (Å²) >= 11 is 3.44. The minimum atomic E-state index is -0.419. The molecule has 0 saturated heterocycles. The molecule has 1 heterocycles. The molecule has 1 aromatic rings. The van der Waals surface area contributed by atoms with Gasteiger partial charge in [0.05, 0.1) is 11.6 Å². The van der Waals surface area contributed by atoms with Crippen molar-refractivity contribution in [2.45, 2.75) is 27.2 Å². The highest BCUT2D eigenvalue weighted by molar-refractivity contribution is 9.10. The van der Waals surface area contributed by atoms with E-state index in [9.17, 15) is 9.59 Å². The van der Waals surface area contributed by atoms with Crippen LogP contribution in [0, 0.1) is 12.8 Å². The van der Waals surface area contributed by atoms with Crippen molar-refractivity contribution in [2.75, 3.05) is 5.01 Å². The Morgan fingerprint density at radius 3 is 2.68 bits per heavy atom. The van der Waals surface area contributed by atoms with Crippen LogP contribution in [0.3, 0.4) is 0 Å². The van der Waals surface area contributed by atoms with Gasteiger partial charge in [0.2, 0.25) is 0 Å². The summed E-state index contributed by atoms with van der Waals surface area (Å²) in [7, 11) is 0. The molecule has 4 nitrogen and oxygen atoms in total. The van der Waals surface area contributed by atoms with Crippen molar-refractivity contribution in [3.05, 3.63) is 28.2 Å². The molecule has 1 atom stereocenters. The number of rotatable bonds is 3. The van der Waals surface area contributed by atoms with Crippen molar-refractivity contribution < 1.29 is 9.59 Å². The van der Waals surface area contributed by atoms with E-state index in [-0.39, 0.29) is 18.1 Å². The van der Waals surface area contributed by atoms with Crippen LogP contribution >= 0.6 is 15.9 Å². The molecule has 0 aromatic heterocycles. The second-order valence-electron chi connectivity index (χ2n) is 4.78. The Morgan fingerprint density at radius 2 is 2.11 bits per heavy atom. The smallest absolute Gasteiger partial charge is 0.256 e. The lowest BCUT2D eigenvalue weighted by atomic mass is 9.98. The minimum Gasteiger partial charge on any atom is -0.300 e. The second kappa shape index (κ2) is 5.25. The highest BCUT2D eigenvalue weighted by atomic mass is 79.9. The number of carbonyl (C=O) groups excluding carboxylic acids is 2. The number of hydrazone groups is 1. The zero-order valence-electron chi connectivity index (χ0n) is 11.1. The SMILES string of the molecule is CC(=O)CC1C(=O)N(c2ccc(C)c(Br)c2)N=C1C. The minimum absolute atomic E-state index is 0.000151. The summed E-state index contributed by atoms with van der Waals surface area (Å²) in [4.78, 5) is 23.5. The van der Waals surface area contributed by atoms with Gasteiger partial charge in [0.15, 0.2) is 0 Å². The number of amides is 1. The van der Waals surface area contributed by atoms with Crippen LogP contribution in [-0.4, -0.2) is 17.4 Å². The van der Waals surface area contributed by atoms with E-state index >= 15 is 0 Å². The Hall–Kier alpha value is -1.49. The number of aryl methyl sites for hydroxylation is 1. The lowest BCUT2D eigenvalue weighted by molar-refractivity contribution is -0.124. The molecule has 100 valence electrons. The number of anilines is 1. The van der Waals surface area contributed by atoms with E-state index in [2.05, 4.69) is 21.0 Å². The fourth-order valence-corrected chi connectivity index (χ4v) is 2.39. The first-order valence-electron chi connectivity index (χ1n) is 6.05. The van der Waals surface area contributed by atoms with Gasteiger partial charge >= 0.3 is 0 Å². The molecule has 0 fully saturated rings. The average molecular weight is 323 g/mol. The molecule has 5 heteroatoms. The quantitative estimate of drug-likeness (QED) is 0.858. The number of carbonyl (C=O) groups is 2. The van der Waals surface area contributed by atoms with Gasteiger partial charge in [-0.2, -0.15) is 5.10 Å². The predicted octanol–water partition coefficient (Wildman–Crippen LogP) is 3.08. The molecule has 0 aliphatic carbocycles. The molecule has 1 aromatic carbocycles. The van der Waals surface area contributed by atoms with E-state index in [1.165, 1.54) is 11.9 Å². The number of hydrogen-bond donors (Lipinski definition) is 0. The molecule has 1 amide bonds. The number of nitrogens with zero attached hydrogens (tertiary/aromatic N) is 2. The van der Waals surface area contributed by atoms with E-state index in [4.69, 9.17) is 0 Å². The van der Waals surface area contributed by atoms with E-state index in [1.807, 2.05) is 25.1 Å². The maximum atomic E-state index is 12.3. The molecule has 0 spiro atoms. The maximum absolute atomic E-state index is 12.3. The highest BCUT2D eigenvalue weighted by Crippen LogP contribution is 2.29. The van der Waals surface area contributed by atoms with Crippen molar-refractivity contribution in [1.82, 2.24) is 0 Å². The van der Waals surface area contributed by atoms with Gasteiger partial charge in [0.25, 0.3) is 5.91 Å². The first-order valence-corrected chi connectivity index (χ1v) is 6.84. The molecule has 0 bridgehead atoms. The Morgan fingerprint density at radius 1 is 1.42 bits per heavy atom. The Kier molecular flexibility index (Phi) is 3.85. The van der Waals surface area contributed by atoms with Crippen LogP contribution in [0.5, 0.6) is 0 Å². The molecule has 0 radical (unpaired) electrons. The van der Waals surface area contributed by atoms with E-state index in [0.717, 1.165) is 10.0 Å². The summed E-state index contributed by atoms with van der Waals surface area (Å²) in [5.74, 6) is -0.555. The predicted molar refractivity (Wildman–Crippen MR) is 78.3 cm³/mol. The van der Waals surface area contributed by atoms with Gasteiger partial charge < -0.3 is 0 Å². The lowest BCUT2D eigenvalue weighted by Gasteiger charge is -2.14. The topological polar surface area (TPSA) is 49.7 Å². The molecule has 2 rings (SSSR count). The van der Waals surface area contributed by atoms with Crippen LogP contribution in [0.4, 0.5) is 5.69 Å². The largest absolute Gasteiger partial charge is 0.300 e. The monoisotopic (exact) mass is 322 g/mol. The van der Waals surface area contributed by atoms with E-state index < -0.39 is 5.92 Å². The molecule has 0 saturated carbocycles. The molecule has 1 unspecified atom stereocenters. The number of benzene rings is 1. The van der Waals surface area contributed by atoms with Crippen LogP contribution < -0.4 is 5.01 Å². The highest BCUT2D eigenvalue weighted by Gasteiger charge is 2.35. The van der Waals surface area contributed by atoms with E-state index in [0.29, 0.717) is 11.4 Å². The zero-order chi connectivity index (χ0) is 14.2. The summed E-state index contributed by atoms with van der Waals surface area (Å²) in [5, 5.41) is 5.65. The van der Waals surface area contributed by atoms with Crippen molar-refractivity contribution >= 4 is 39.0 Å². The Bertz CT molecular complexity index is 581. The summed E-state index contributed by atoms with van der Waals surface area (Å²) in [5.41, 5.74) is 2.50. The third-order valence-corrected chi connectivity index (χ3v) is 4.01. The van der Waals surface area contributed by atoms with Crippen molar-refractivity contribution in [2.24, 2.45) is 11.0 Å². The van der Waals surface area contributed by atoms with Crippen molar-refractivity contribution in [3.8, 4) is 0 Å². The fourth-order valence-electron chi connectivity index (χ4n) is 2.02. The molecular formula is C14H15BrN2O2. The van der Waals surface area contributed by atoms with Gasteiger partial charge in [-0.1, -0.05) is 22.0 Å². The summed E-state index contributed by atoms with van der Waals surface area (Å²) in [6.45, 7) is 5.26. The van der Waals surface area contributed by atoms with Crippen molar-refractivity contribution in [3.63, 3.8) is 0 Å². The summed E-state index contributed by atoms with van der Waals surface area (Å²) < 4.78 is 0.931. The Balaban J connectivity index is 2.30. The summed E-state index contributed by atoms with van der Waals surface area (Å²) in [6, 6.07) is 5.64. The van der Waals surface area contributed by atoms with Gasteiger partial charge in [-0.25, -0.2) is 5.01 Å². The number of Topliss-reactive ketones (excluding diaryl/α,β-unsaturated/α-hetero) is 1. The van der Waals surface area contributed by atoms with Gasteiger partial charge in [-0.15, -0.1) is 0 Å². The third kappa shape index (κ3) is 2.76. The molecule has 0 N–H and O–H groups in total. The fraction of sp³-hybridized carbons (Fsp3) is 0.357. The van der Waals surface area contributed by atoms with E-state index in [1.54, 1.807) is 6.92 Å². The van der Waals surface area contributed by atoms with Gasteiger partial charge in [-0.05, 0) is 38.5 Å². The van der Waals surface area contributed by atoms with Crippen LogP contribution in [0.1, 0.15) is 25.8 Å². The van der Waals surface area contributed by atoms with Crippen LogP contribution in [0.15, 0.2) is 27.8 Å². The first kappa shape index (κ1) is 13.9. The summed E-state index contributed by atoms with van der Waals surface area (Å²) in [6.07, 6.45) is 0.220. The molecule has 19 heavy (non-hydrogen) atoms. The van der Waals surface area contributed by atoms with Gasteiger partial charge in [-0.3, -0.25) is 9.59 Å². The van der Waals surface area contributed by atoms with Crippen LogP contribution in [0.2, 0.25) is 0 Å². The standard InChI is InChI=1S/C14H15BrN2O2/c1-8-4-5-11(7-13(8)15)17-14(19)12(6-9(2)18)10(3)16-17/h4-5,7,12H,6H2,1-3H3. The number of halogens is 1. The van der Waals surface area contributed by atoms with Crippen LogP contribution in [0.25, 0.3) is 0 Å². The van der Waals surface area contributed by atoms with Gasteiger partial charge in [0, 0.05) is 16.6 Å². The average Bonchev–Trinajstić information content (AvgIpc) is 2.60. The van der Waals surface area contributed by atoms with Crippen molar-refractivity contribution in [1.29, 1.82) is 0 Å². The number of ketones is 1. The second-order valence-corrected chi connectivity index (χ2v) is 5.64. The Labute approximate surface area is 120 Å². The van der Waals surface area contributed by atoms with Crippen LogP contribution in [-0.2, 0) is 9.59 Å². The zero-order valence-corrected chi connectivity index (χ0v) is 12.7. The molecular weight excluding hydrogens is 308 g/mol. The third-order valence-electron chi connectivity index (χ3n) is 3.16.